The van der Waals surface area contributed by atoms with E-state index in [1.165, 1.54) is 5.01 Å². The lowest BCUT2D eigenvalue weighted by molar-refractivity contribution is -0.118. The van der Waals surface area contributed by atoms with Crippen LogP contribution in [0.1, 0.15) is 28.8 Å². The van der Waals surface area contributed by atoms with Crippen LogP contribution < -0.4 is 20.4 Å². The molecule has 0 spiro atoms. The topological polar surface area (TPSA) is 100 Å². The maximum absolute atomic E-state index is 13.0. The van der Waals surface area contributed by atoms with Gasteiger partial charge < -0.3 is 15.4 Å². The average molecular weight is 457 g/mol. The average Bonchev–Trinajstić information content (AvgIpc) is 2.84. The third kappa shape index (κ3) is 5.12. The summed E-state index contributed by atoms with van der Waals surface area (Å²) in [6, 6.07) is 21.1. The molecule has 2 N–H and O–H groups in total. The second kappa shape index (κ2) is 9.99. The molecule has 1 aliphatic heterocycles. The smallest absolute Gasteiger partial charge is 0.271 e. The Bertz CT molecular complexity index is 1290. The van der Waals surface area contributed by atoms with Gasteiger partial charge in [-0.3, -0.25) is 14.4 Å². The van der Waals surface area contributed by atoms with E-state index in [2.05, 4.69) is 15.7 Å². The van der Waals surface area contributed by atoms with E-state index >= 15 is 0 Å². The first-order valence-corrected chi connectivity index (χ1v) is 10.8. The zero-order chi connectivity index (χ0) is 24.1. The lowest BCUT2D eigenvalue weighted by Crippen LogP contribution is -2.36. The van der Waals surface area contributed by atoms with Crippen molar-refractivity contribution in [3.05, 3.63) is 83.9 Å². The van der Waals surface area contributed by atoms with E-state index < -0.39 is 5.91 Å². The van der Waals surface area contributed by atoms with Crippen LogP contribution in [0.3, 0.4) is 0 Å². The highest BCUT2D eigenvalue weighted by molar-refractivity contribution is 6.44. The molecule has 0 radical (unpaired) electrons. The molecule has 1 heterocycles. The molecule has 3 aromatic carbocycles. The van der Waals surface area contributed by atoms with Gasteiger partial charge in [0, 0.05) is 24.6 Å². The van der Waals surface area contributed by atoms with E-state index in [-0.39, 0.29) is 30.4 Å². The van der Waals surface area contributed by atoms with Crippen molar-refractivity contribution in [2.45, 2.75) is 19.8 Å². The number of nitrogens with zero attached hydrogens (tertiary/aromatic N) is 2. The van der Waals surface area contributed by atoms with Crippen LogP contribution in [0.15, 0.2) is 77.9 Å². The molecule has 8 nitrogen and oxygen atoms in total. The van der Waals surface area contributed by atoms with Crippen molar-refractivity contribution in [2.24, 2.45) is 5.10 Å². The molecule has 0 aliphatic carbocycles. The first-order valence-electron chi connectivity index (χ1n) is 10.8. The second-order valence-corrected chi connectivity index (χ2v) is 7.78. The molecule has 8 heteroatoms. The predicted molar refractivity (Wildman–Crippen MR) is 131 cm³/mol. The number of nitrogens with one attached hydrogen (secondary N) is 2. The van der Waals surface area contributed by atoms with Crippen LogP contribution in [0.2, 0.25) is 0 Å². The van der Waals surface area contributed by atoms with Gasteiger partial charge in [0.25, 0.3) is 11.8 Å². The standard InChI is InChI=1S/C26H24N4O4/c1-17-7-5-9-19(15-17)30-24(31)14-13-23(29-30)26(33)28-22-12-4-3-11-21(22)25(32)27-18-8-6-10-20(16-18)34-2/h3-12,15-16H,13-14H2,1-2H3,(H,27,32)(H,28,33). The van der Waals surface area contributed by atoms with Crippen LogP contribution in [0.25, 0.3) is 0 Å². The van der Waals surface area contributed by atoms with Crippen molar-refractivity contribution < 1.29 is 19.1 Å². The molecule has 34 heavy (non-hydrogen) atoms. The van der Waals surface area contributed by atoms with E-state index in [1.54, 1.807) is 61.7 Å². The molecule has 0 unspecified atom stereocenters. The van der Waals surface area contributed by atoms with Crippen molar-refractivity contribution in [3.63, 3.8) is 0 Å². The summed E-state index contributed by atoms with van der Waals surface area (Å²) in [5, 5.41) is 11.1. The number of methoxy groups -OCH3 is 1. The zero-order valence-corrected chi connectivity index (χ0v) is 18.9. The first kappa shape index (κ1) is 22.7. The van der Waals surface area contributed by atoms with E-state index in [0.29, 0.717) is 28.4 Å². The number of rotatable bonds is 6. The van der Waals surface area contributed by atoms with Crippen molar-refractivity contribution in [1.29, 1.82) is 0 Å². The zero-order valence-electron chi connectivity index (χ0n) is 18.9. The fraction of sp³-hybridized carbons (Fsp3) is 0.154. The van der Waals surface area contributed by atoms with Crippen molar-refractivity contribution in [3.8, 4) is 5.75 Å². The number of hydrazone groups is 1. The second-order valence-electron chi connectivity index (χ2n) is 7.78. The summed E-state index contributed by atoms with van der Waals surface area (Å²) in [6.07, 6.45) is 0.378. The SMILES string of the molecule is COc1cccc(NC(=O)c2ccccc2NC(=O)C2=NN(c3cccc(C)c3)C(=O)CC2)c1. The fourth-order valence-electron chi connectivity index (χ4n) is 3.56. The monoisotopic (exact) mass is 456 g/mol. The van der Waals surface area contributed by atoms with Crippen LogP contribution in [-0.2, 0) is 9.59 Å². The summed E-state index contributed by atoms with van der Waals surface area (Å²) in [4.78, 5) is 38.3. The number of anilines is 3. The molecule has 4 rings (SSSR count). The highest BCUT2D eigenvalue weighted by Crippen LogP contribution is 2.23. The Labute approximate surface area is 197 Å². The summed E-state index contributed by atoms with van der Waals surface area (Å²) in [5.74, 6) is -0.416. The van der Waals surface area contributed by atoms with Crippen LogP contribution in [0.4, 0.5) is 17.1 Å². The Hall–Kier alpha value is -4.46. The van der Waals surface area contributed by atoms with Gasteiger partial charge in [0.15, 0.2) is 0 Å². The van der Waals surface area contributed by atoms with E-state index in [1.807, 2.05) is 25.1 Å². The Morgan fingerprint density at radius 3 is 2.50 bits per heavy atom. The number of amides is 3. The van der Waals surface area contributed by atoms with E-state index in [0.717, 1.165) is 5.56 Å². The molecule has 1 aliphatic rings. The van der Waals surface area contributed by atoms with E-state index in [4.69, 9.17) is 4.74 Å². The number of hydrogen-bond donors (Lipinski definition) is 2. The summed E-state index contributed by atoms with van der Waals surface area (Å²) >= 11 is 0. The number of para-hydroxylation sites is 1. The third-order valence-corrected chi connectivity index (χ3v) is 5.29. The van der Waals surface area contributed by atoms with E-state index in [9.17, 15) is 14.4 Å². The summed E-state index contributed by atoms with van der Waals surface area (Å²) in [6.45, 7) is 1.92. The van der Waals surface area contributed by atoms with Crippen LogP contribution >= 0.6 is 0 Å². The minimum atomic E-state index is -0.466. The van der Waals surface area contributed by atoms with Gasteiger partial charge >= 0.3 is 0 Å². The van der Waals surface area contributed by atoms with Crippen LogP contribution in [0.5, 0.6) is 5.75 Å². The third-order valence-electron chi connectivity index (χ3n) is 5.29. The maximum Gasteiger partial charge on any atom is 0.271 e. The number of aryl methyl sites for hydroxylation is 1. The fourth-order valence-corrected chi connectivity index (χ4v) is 3.56. The Kier molecular flexibility index (Phi) is 6.68. The van der Waals surface area contributed by atoms with Crippen LogP contribution in [0, 0.1) is 6.92 Å². The number of carbonyl (C=O) groups excluding carboxylic acids is 3. The van der Waals surface area contributed by atoms with Gasteiger partial charge in [-0.2, -0.15) is 5.10 Å². The normalized spacial score (nSPS) is 13.2. The molecule has 3 aromatic rings. The van der Waals surface area contributed by atoms with Crippen molar-refractivity contribution >= 4 is 40.5 Å². The van der Waals surface area contributed by atoms with Gasteiger partial charge in [-0.25, -0.2) is 5.01 Å². The molecule has 0 fully saturated rings. The molecule has 3 amide bonds. The predicted octanol–water partition coefficient (Wildman–Crippen LogP) is 4.38. The van der Waals surface area contributed by atoms with Gasteiger partial charge in [0.05, 0.1) is 24.0 Å². The molecule has 0 saturated heterocycles. The summed E-state index contributed by atoms with van der Waals surface area (Å²) in [5.41, 5.74) is 3.00. The number of carbonyl (C=O) groups is 3. The molecular formula is C26H24N4O4. The van der Waals surface area contributed by atoms with Crippen molar-refractivity contribution in [1.82, 2.24) is 0 Å². The first-order chi connectivity index (χ1) is 16.4. The Morgan fingerprint density at radius 1 is 0.912 bits per heavy atom. The Balaban J connectivity index is 1.54. The highest BCUT2D eigenvalue weighted by Gasteiger charge is 2.26. The molecular weight excluding hydrogens is 432 g/mol. The molecule has 172 valence electrons. The number of ether oxygens (including phenoxy) is 1. The minimum Gasteiger partial charge on any atom is -0.497 e. The number of benzene rings is 3. The van der Waals surface area contributed by atoms with Crippen LogP contribution in [-0.4, -0.2) is 30.5 Å². The summed E-state index contributed by atoms with van der Waals surface area (Å²) < 4.78 is 5.19. The lowest BCUT2D eigenvalue weighted by atomic mass is 10.1. The maximum atomic E-state index is 13.0. The Morgan fingerprint density at radius 2 is 1.71 bits per heavy atom. The quantitative estimate of drug-likeness (QED) is 0.575. The van der Waals surface area contributed by atoms with Crippen molar-refractivity contribution in [2.75, 3.05) is 22.8 Å². The molecule has 0 bridgehead atoms. The van der Waals surface area contributed by atoms with Gasteiger partial charge in [0.1, 0.15) is 11.5 Å². The number of hydrogen-bond acceptors (Lipinski definition) is 5. The van der Waals surface area contributed by atoms with Gasteiger partial charge in [-0.05, 0) is 48.9 Å². The largest absolute Gasteiger partial charge is 0.497 e. The van der Waals surface area contributed by atoms with Gasteiger partial charge in [0.2, 0.25) is 5.91 Å². The molecule has 0 atom stereocenters. The lowest BCUT2D eigenvalue weighted by Gasteiger charge is -2.23. The minimum absolute atomic E-state index is 0.165. The highest BCUT2D eigenvalue weighted by atomic mass is 16.5. The molecule has 0 aromatic heterocycles. The van der Waals surface area contributed by atoms with Gasteiger partial charge in [-0.1, -0.05) is 30.3 Å². The van der Waals surface area contributed by atoms with Gasteiger partial charge in [-0.15, -0.1) is 0 Å². The summed E-state index contributed by atoms with van der Waals surface area (Å²) in [7, 11) is 1.55. The molecule has 0 saturated carbocycles.